The Hall–Kier alpha value is -0.550. The summed E-state index contributed by atoms with van der Waals surface area (Å²) in [6.07, 6.45) is -4.28. The van der Waals surface area contributed by atoms with Gasteiger partial charge in [-0.25, -0.2) is 0 Å². The molecule has 0 aliphatic rings. The number of benzene rings is 1. The fourth-order valence-corrected chi connectivity index (χ4v) is 1.50. The van der Waals surface area contributed by atoms with E-state index in [2.05, 4.69) is 15.9 Å². The average molecular weight is 282 g/mol. The van der Waals surface area contributed by atoms with Gasteiger partial charge in [-0.3, -0.25) is 0 Å². The van der Waals surface area contributed by atoms with Crippen LogP contribution < -0.4 is 5.73 Å². The third-order valence-electron chi connectivity index (χ3n) is 2.14. The normalized spacial score (nSPS) is 13.9. The molecule has 15 heavy (non-hydrogen) atoms. The lowest BCUT2D eigenvalue weighted by Gasteiger charge is -2.18. The molecule has 0 radical (unpaired) electrons. The minimum absolute atomic E-state index is 0.0622. The van der Waals surface area contributed by atoms with Crippen molar-refractivity contribution in [2.45, 2.75) is 12.6 Å². The molecule has 1 aromatic rings. The van der Waals surface area contributed by atoms with Crippen LogP contribution in [0.5, 0.6) is 0 Å². The second kappa shape index (κ2) is 4.99. The molecule has 5 heteroatoms. The minimum Gasteiger partial charge on any atom is -0.330 e. The molecule has 84 valence electrons. The second-order valence-electron chi connectivity index (χ2n) is 3.30. The van der Waals surface area contributed by atoms with Crippen molar-refractivity contribution in [3.05, 3.63) is 34.3 Å². The summed E-state index contributed by atoms with van der Waals surface area (Å²) in [5.74, 6) is -1.46. The Morgan fingerprint density at radius 2 is 1.73 bits per heavy atom. The first-order chi connectivity index (χ1) is 6.93. The Morgan fingerprint density at radius 1 is 1.20 bits per heavy atom. The quantitative estimate of drug-likeness (QED) is 0.905. The van der Waals surface area contributed by atoms with Gasteiger partial charge >= 0.3 is 6.18 Å². The fourth-order valence-electron chi connectivity index (χ4n) is 1.24. The van der Waals surface area contributed by atoms with E-state index in [9.17, 15) is 13.2 Å². The van der Waals surface area contributed by atoms with Gasteiger partial charge in [-0.2, -0.15) is 13.2 Å². The van der Waals surface area contributed by atoms with E-state index in [1.54, 1.807) is 24.3 Å². The summed E-state index contributed by atoms with van der Waals surface area (Å²) in [4.78, 5) is 0. The average Bonchev–Trinajstić information content (AvgIpc) is 2.15. The van der Waals surface area contributed by atoms with Crippen LogP contribution in [0.3, 0.4) is 0 Å². The van der Waals surface area contributed by atoms with Crippen LogP contribution in [0, 0.1) is 5.92 Å². The van der Waals surface area contributed by atoms with Crippen LogP contribution in [0.15, 0.2) is 28.7 Å². The van der Waals surface area contributed by atoms with Crippen molar-refractivity contribution in [2.75, 3.05) is 6.54 Å². The Kier molecular flexibility index (Phi) is 4.16. The monoisotopic (exact) mass is 281 g/mol. The highest BCUT2D eigenvalue weighted by Gasteiger charge is 2.38. The molecule has 0 saturated heterocycles. The van der Waals surface area contributed by atoms with E-state index >= 15 is 0 Å². The zero-order valence-corrected chi connectivity index (χ0v) is 9.48. The third-order valence-corrected chi connectivity index (χ3v) is 2.67. The van der Waals surface area contributed by atoms with E-state index in [1.807, 2.05) is 0 Å². The Balaban J connectivity index is 2.71. The lowest BCUT2D eigenvalue weighted by atomic mass is 9.99. The number of hydrogen-bond acceptors (Lipinski definition) is 1. The van der Waals surface area contributed by atoms with Gasteiger partial charge in [-0.1, -0.05) is 28.1 Å². The van der Waals surface area contributed by atoms with Gasteiger partial charge in [0.15, 0.2) is 0 Å². The Bertz CT molecular complexity index is 307. The molecule has 0 amide bonds. The minimum atomic E-state index is -4.22. The van der Waals surface area contributed by atoms with E-state index in [-0.39, 0.29) is 13.0 Å². The molecule has 2 N–H and O–H groups in total. The van der Waals surface area contributed by atoms with Crippen LogP contribution in [-0.2, 0) is 6.42 Å². The molecule has 1 atom stereocenters. The molecule has 0 heterocycles. The fraction of sp³-hybridized carbons (Fsp3) is 0.400. The molecule has 1 rings (SSSR count). The summed E-state index contributed by atoms with van der Waals surface area (Å²) in [7, 11) is 0. The topological polar surface area (TPSA) is 26.0 Å². The number of alkyl halides is 3. The van der Waals surface area contributed by atoms with Crippen molar-refractivity contribution in [3.8, 4) is 0 Å². The summed E-state index contributed by atoms with van der Waals surface area (Å²) in [6, 6.07) is 6.77. The standard InChI is InChI=1S/C10H11BrF3N/c11-9-3-1-7(2-4-9)5-8(6-15)10(12,13)14/h1-4,8H,5-6,15H2. The van der Waals surface area contributed by atoms with Gasteiger partial charge in [0.25, 0.3) is 0 Å². The molecule has 0 aliphatic carbocycles. The van der Waals surface area contributed by atoms with Crippen molar-refractivity contribution >= 4 is 15.9 Å². The number of nitrogens with two attached hydrogens (primary N) is 1. The smallest absolute Gasteiger partial charge is 0.330 e. The highest BCUT2D eigenvalue weighted by atomic mass is 79.9. The number of halogens is 4. The lowest BCUT2D eigenvalue weighted by molar-refractivity contribution is -0.171. The number of hydrogen-bond donors (Lipinski definition) is 1. The zero-order valence-electron chi connectivity index (χ0n) is 7.89. The molecular formula is C10H11BrF3N. The SMILES string of the molecule is NCC(Cc1ccc(Br)cc1)C(F)(F)F. The van der Waals surface area contributed by atoms with Crippen LogP contribution >= 0.6 is 15.9 Å². The summed E-state index contributed by atoms with van der Waals surface area (Å²) in [6.45, 7) is -0.375. The zero-order chi connectivity index (χ0) is 11.5. The van der Waals surface area contributed by atoms with Crippen LogP contribution in [0.4, 0.5) is 13.2 Å². The maximum Gasteiger partial charge on any atom is 0.393 e. The highest BCUT2D eigenvalue weighted by molar-refractivity contribution is 9.10. The highest BCUT2D eigenvalue weighted by Crippen LogP contribution is 2.28. The van der Waals surface area contributed by atoms with Gasteiger partial charge in [-0.05, 0) is 24.1 Å². The molecule has 1 unspecified atom stereocenters. The van der Waals surface area contributed by atoms with Crippen molar-refractivity contribution in [1.82, 2.24) is 0 Å². The summed E-state index contributed by atoms with van der Waals surface area (Å²) in [5.41, 5.74) is 5.75. The number of rotatable bonds is 3. The molecule has 0 aliphatic heterocycles. The first-order valence-corrected chi connectivity index (χ1v) is 5.24. The van der Waals surface area contributed by atoms with Gasteiger partial charge in [0, 0.05) is 11.0 Å². The molecule has 1 nitrogen and oxygen atoms in total. The van der Waals surface area contributed by atoms with Crippen LogP contribution in [0.2, 0.25) is 0 Å². The second-order valence-corrected chi connectivity index (χ2v) is 4.22. The molecule has 0 saturated carbocycles. The Morgan fingerprint density at radius 3 is 2.13 bits per heavy atom. The van der Waals surface area contributed by atoms with Gasteiger partial charge in [-0.15, -0.1) is 0 Å². The molecule has 1 aromatic carbocycles. The molecule has 0 spiro atoms. The first kappa shape index (κ1) is 12.5. The van der Waals surface area contributed by atoms with Gasteiger partial charge in [0.2, 0.25) is 0 Å². The first-order valence-electron chi connectivity index (χ1n) is 4.44. The van der Waals surface area contributed by atoms with E-state index in [0.717, 1.165) is 4.47 Å². The van der Waals surface area contributed by atoms with E-state index < -0.39 is 12.1 Å². The van der Waals surface area contributed by atoms with Gasteiger partial charge in [0.05, 0.1) is 5.92 Å². The summed E-state index contributed by atoms with van der Waals surface area (Å²) >= 11 is 3.22. The molecule has 0 fully saturated rings. The van der Waals surface area contributed by atoms with Crippen LogP contribution in [0.25, 0.3) is 0 Å². The summed E-state index contributed by atoms with van der Waals surface area (Å²) in [5, 5.41) is 0. The molecular weight excluding hydrogens is 271 g/mol. The summed E-state index contributed by atoms with van der Waals surface area (Å²) < 4.78 is 38.0. The largest absolute Gasteiger partial charge is 0.393 e. The lowest BCUT2D eigenvalue weighted by Crippen LogP contribution is -2.31. The maximum absolute atomic E-state index is 12.4. The predicted octanol–water partition coefficient (Wildman–Crippen LogP) is 3.13. The van der Waals surface area contributed by atoms with Gasteiger partial charge in [0.1, 0.15) is 0 Å². The third kappa shape index (κ3) is 3.83. The van der Waals surface area contributed by atoms with Crippen molar-refractivity contribution in [1.29, 1.82) is 0 Å². The molecule has 0 aromatic heterocycles. The van der Waals surface area contributed by atoms with Gasteiger partial charge < -0.3 is 5.73 Å². The molecule has 0 bridgehead atoms. The van der Waals surface area contributed by atoms with E-state index in [0.29, 0.717) is 5.56 Å². The van der Waals surface area contributed by atoms with Crippen LogP contribution in [0.1, 0.15) is 5.56 Å². The van der Waals surface area contributed by atoms with Crippen molar-refractivity contribution in [2.24, 2.45) is 11.7 Å². The van der Waals surface area contributed by atoms with Crippen molar-refractivity contribution < 1.29 is 13.2 Å². The van der Waals surface area contributed by atoms with E-state index in [1.165, 1.54) is 0 Å². The van der Waals surface area contributed by atoms with E-state index in [4.69, 9.17) is 5.73 Å². The maximum atomic E-state index is 12.4. The Labute approximate surface area is 94.6 Å². The predicted molar refractivity (Wildman–Crippen MR) is 56.4 cm³/mol. The van der Waals surface area contributed by atoms with Crippen LogP contribution in [-0.4, -0.2) is 12.7 Å². The van der Waals surface area contributed by atoms with Crippen molar-refractivity contribution in [3.63, 3.8) is 0 Å².